The lowest BCUT2D eigenvalue weighted by molar-refractivity contribution is -0.384. The van der Waals surface area contributed by atoms with Crippen molar-refractivity contribution in [2.24, 2.45) is 0 Å². The molecule has 0 saturated heterocycles. The number of amides is 1. The number of sulfonamides is 1. The van der Waals surface area contributed by atoms with Gasteiger partial charge in [0.2, 0.25) is 5.91 Å². The predicted octanol–water partition coefficient (Wildman–Crippen LogP) is 2.83. The van der Waals surface area contributed by atoms with Crippen LogP contribution in [0.3, 0.4) is 0 Å². The Balaban J connectivity index is 1.91. The van der Waals surface area contributed by atoms with E-state index in [0.717, 1.165) is 11.0 Å². The first kappa shape index (κ1) is 17.2. The van der Waals surface area contributed by atoms with Gasteiger partial charge in [0.15, 0.2) is 0 Å². The van der Waals surface area contributed by atoms with Crippen molar-refractivity contribution in [3.63, 3.8) is 0 Å². The minimum Gasteiger partial charge on any atom is -0.325 e. The van der Waals surface area contributed by atoms with Crippen LogP contribution in [0.5, 0.6) is 0 Å². The van der Waals surface area contributed by atoms with E-state index in [1.165, 1.54) is 42.1 Å². The zero-order valence-electron chi connectivity index (χ0n) is 12.8. The predicted molar refractivity (Wildman–Crippen MR) is 94.3 cm³/mol. The summed E-state index contributed by atoms with van der Waals surface area (Å²) in [5, 5.41) is 13.5. The Morgan fingerprint density at radius 2 is 2.00 bits per heavy atom. The SMILES string of the molecule is O=C1CCSc2ccc(S(=O)(=O)Nc3cccc([N+](=O)[O-])c3)cc2N1. The fourth-order valence-corrected chi connectivity index (χ4v) is 4.28. The van der Waals surface area contributed by atoms with Gasteiger partial charge in [0, 0.05) is 29.2 Å². The van der Waals surface area contributed by atoms with Crippen LogP contribution in [0.25, 0.3) is 0 Å². The Hall–Kier alpha value is -2.59. The second kappa shape index (κ2) is 6.73. The monoisotopic (exact) mass is 379 g/mol. The van der Waals surface area contributed by atoms with E-state index in [1.807, 2.05) is 0 Å². The molecule has 1 amide bonds. The van der Waals surface area contributed by atoms with Gasteiger partial charge >= 0.3 is 0 Å². The highest BCUT2D eigenvalue weighted by molar-refractivity contribution is 7.99. The minimum absolute atomic E-state index is 0.0412. The van der Waals surface area contributed by atoms with Gasteiger partial charge in [0.05, 0.1) is 21.2 Å². The fraction of sp³-hybridized carbons (Fsp3) is 0.133. The van der Waals surface area contributed by atoms with Crippen molar-refractivity contribution in [3.8, 4) is 0 Å². The van der Waals surface area contributed by atoms with Gasteiger partial charge in [-0.15, -0.1) is 11.8 Å². The molecule has 2 aromatic carbocycles. The molecule has 130 valence electrons. The van der Waals surface area contributed by atoms with Crippen LogP contribution in [0, 0.1) is 10.1 Å². The molecule has 2 N–H and O–H groups in total. The number of fused-ring (bicyclic) bond motifs is 1. The molecular formula is C15H13N3O5S2. The van der Waals surface area contributed by atoms with Crippen molar-refractivity contribution in [2.45, 2.75) is 16.2 Å². The number of anilines is 2. The molecular weight excluding hydrogens is 366 g/mol. The Labute approximate surface area is 147 Å². The average molecular weight is 379 g/mol. The molecule has 3 rings (SSSR count). The third kappa shape index (κ3) is 3.91. The zero-order chi connectivity index (χ0) is 18.0. The van der Waals surface area contributed by atoms with Crippen LogP contribution in [0.1, 0.15) is 6.42 Å². The topological polar surface area (TPSA) is 118 Å². The second-order valence-electron chi connectivity index (χ2n) is 5.22. The molecule has 1 aliphatic heterocycles. The van der Waals surface area contributed by atoms with Crippen molar-refractivity contribution in [3.05, 3.63) is 52.6 Å². The molecule has 0 radical (unpaired) electrons. The number of nitrogens with one attached hydrogen (secondary N) is 2. The first-order valence-electron chi connectivity index (χ1n) is 7.19. The molecule has 0 aromatic heterocycles. The minimum atomic E-state index is -3.95. The number of benzene rings is 2. The van der Waals surface area contributed by atoms with Crippen LogP contribution in [-0.4, -0.2) is 25.0 Å². The molecule has 2 aromatic rings. The van der Waals surface area contributed by atoms with E-state index in [4.69, 9.17) is 0 Å². The summed E-state index contributed by atoms with van der Waals surface area (Å²) < 4.78 is 27.4. The van der Waals surface area contributed by atoms with E-state index in [0.29, 0.717) is 17.9 Å². The largest absolute Gasteiger partial charge is 0.325 e. The van der Waals surface area contributed by atoms with Gasteiger partial charge in [0.25, 0.3) is 15.7 Å². The molecule has 1 heterocycles. The number of non-ortho nitro benzene ring substituents is 1. The summed E-state index contributed by atoms with van der Waals surface area (Å²) in [6, 6.07) is 9.67. The summed E-state index contributed by atoms with van der Waals surface area (Å²) in [5.74, 6) is 0.448. The third-order valence-electron chi connectivity index (χ3n) is 3.43. The Bertz CT molecular complexity index is 959. The smallest absolute Gasteiger partial charge is 0.271 e. The van der Waals surface area contributed by atoms with E-state index in [2.05, 4.69) is 10.0 Å². The molecule has 10 heteroatoms. The summed E-state index contributed by atoms with van der Waals surface area (Å²) in [6.07, 6.45) is 0.355. The standard InChI is InChI=1S/C15H13N3O5S2/c19-15-6-7-24-14-5-4-12(9-13(14)16-15)25(22,23)17-10-2-1-3-11(8-10)18(20)21/h1-5,8-9,17H,6-7H2,(H,16,19). The number of carbonyl (C=O) groups is 1. The maximum atomic E-state index is 12.5. The van der Waals surface area contributed by atoms with E-state index in [1.54, 1.807) is 6.07 Å². The summed E-state index contributed by atoms with van der Waals surface area (Å²) in [4.78, 5) is 22.6. The van der Waals surface area contributed by atoms with Gasteiger partial charge in [-0.1, -0.05) is 6.07 Å². The van der Waals surface area contributed by atoms with Crippen molar-refractivity contribution in [1.82, 2.24) is 0 Å². The maximum Gasteiger partial charge on any atom is 0.271 e. The second-order valence-corrected chi connectivity index (χ2v) is 8.04. The van der Waals surface area contributed by atoms with E-state index < -0.39 is 14.9 Å². The van der Waals surface area contributed by atoms with Crippen LogP contribution in [0.2, 0.25) is 0 Å². The fourth-order valence-electron chi connectivity index (χ4n) is 2.26. The summed E-state index contributed by atoms with van der Waals surface area (Å²) in [5.41, 5.74) is 0.308. The molecule has 0 bridgehead atoms. The Morgan fingerprint density at radius 3 is 2.76 bits per heavy atom. The highest BCUT2D eigenvalue weighted by Crippen LogP contribution is 2.33. The number of hydrogen-bond acceptors (Lipinski definition) is 6. The Morgan fingerprint density at radius 1 is 1.20 bits per heavy atom. The zero-order valence-corrected chi connectivity index (χ0v) is 14.4. The first-order chi connectivity index (χ1) is 11.8. The number of nitro benzene ring substituents is 1. The highest BCUT2D eigenvalue weighted by atomic mass is 32.2. The summed E-state index contributed by atoms with van der Waals surface area (Å²) in [7, 11) is -3.95. The molecule has 0 aliphatic carbocycles. The number of nitrogens with zero attached hydrogens (tertiary/aromatic N) is 1. The van der Waals surface area contributed by atoms with Gasteiger partial charge < -0.3 is 5.32 Å². The van der Waals surface area contributed by atoms with Gasteiger partial charge in [0.1, 0.15) is 0 Å². The van der Waals surface area contributed by atoms with Crippen LogP contribution in [0.15, 0.2) is 52.3 Å². The van der Waals surface area contributed by atoms with Crippen LogP contribution >= 0.6 is 11.8 Å². The van der Waals surface area contributed by atoms with Crippen LogP contribution in [0.4, 0.5) is 17.1 Å². The highest BCUT2D eigenvalue weighted by Gasteiger charge is 2.20. The van der Waals surface area contributed by atoms with Crippen molar-refractivity contribution in [2.75, 3.05) is 15.8 Å². The first-order valence-corrected chi connectivity index (χ1v) is 9.66. The summed E-state index contributed by atoms with van der Waals surface area (Å²) in [6.45, 7) is 0. The van der Waals surface area contributed by atoms with Gasteiger partial charge in [-0.2, -0.15) is 0 Å². The molecule has 0 fully saturated rings. The number of rotatable bonds is 4. The van der Waals surface area contributed by atoms with Gasteiger partial charge in [-0.05, 0) is 24.3 Å². The lowest BCUT2D eigenvalue weighted by Crippen LogP contribution is -2.14. The summed E-state index contributed by atoms with van der Waals surface area (Å²) >= 11 is 1.47. The molecule has 8 nitrogen and oxygen atoms in total. The van der Waals surface area contributed by atoms with Crippen LogP contribution in [-0.2, 0) is 14.8 Å². The van der Waals surface area contributed by atoms with E-state index in [9.17, 15) is 23.3 Å². The quantitative estimate of drug-likeness (QED) is 0.623. The molecule has 0 atom stereocenters. The molecule has 25 heavy (non-hydrogen) atoms. The average Bonchev–Trinajstić information content (AvgIpc) is 2.74. The van der Waals surface area contributed by atoms with Gasteiger partial charge in [-0.3, -0.25) is 19.6 Å². The van der Waals surface area contributed by atoms with Crippen LogP contribution < -0.4 is 10.0 Å². The number of carbonyl (C=O) groups excluding carboxylic acids is 1. The molecule has 0 saturated carbocycles. The number of thioether (sulfide) groups is 1. The van der Waals surface area contributed by atoms with Crippen molar-refractivity contribution in [1.29, 1.82) is 0 Å². The van der Waals surface area contributed by atoms with Crippen molar-refractivity contribution < 1.29 is 18.1 Å². The third-order valence-corrected chi connectivity index (χ3v) is 5.89. The lowest BCUT2D eigenvalue weighted by Gasteiger charge is -2.11. The maximum absolute atomic E-state index is 12.5. The Kier molecular flexibility index (Phi) is 4.64. The van der Waals surface area contributed by atoms with Gasteiger partial charge in [-0.25, -0.2) is 8.42 Å². The lowest BCUT2D eigenvalue weighted by atomic mass is 10.3. The van der Waals surface area contributed by atoms with E-state index in [-0.39, 0.29) is 22.2 Å². The molecule has 0 unspecified atom stereocenters. The molecule has 0 spiro atoms. The number of nitro groups is 1. The molecule has 1 aliphatic rings. The number of hydrogen-bond donors (Lipinski definition) is 2. The van der Waals surface area contributed by atoms with E-state index >= 15 is 0 Å². The normalized spacial score (nSPS) is 14.2. The van der Waals surface area contributed by atoms with Crippen molar-refractivity contribution >= 4 is 44.8 Å².